The third kappa shape index (κ3) is 4.14. The third-order valence-electron chi connectivity index (χ3n) is 6.46. The second kappa shape index (κ2) is 8.13. The molecule has 0 spiro atoms. The van der Waals surface area contributed by atoms with Gasteiger partial charge in [-0.15, -0.1) is 0 Å². The Labute approximate surface area is 171 Å². The number of hydrogen-bond acceptors (Lipinski definition) is 4. The van der Waals surface area contributed by atoms with Crippen molar-refractivity contribution in [2.45, 2.75) is 18.3 Å². The van der Waals surface area contributed by atoms with Crippen LogP contribution in [0.15, 0.2) is 48.8 Å². The Bertz CT molecular complexity index is 824. The molecule has 6 heteroatoms. The molecule has 2 amide bonds. The Morgan fingerprint density at radius 1 is 1.07 bits per heavy atom. The van der Waals surface area contributed by atoms with Crippen molar-refractivity contribution in [1.82, 2.24) is 14.8 Å². The number of anilines is 1. The van der Waals surface area contributed by atoms with E-state index in [9.17, 15) is 4.79 Å². The number of benzene rings is 1. The molecule has 1 N–H and O–H groups in total. The summed E-state index contributed by atoms with van der Waals surface area (Å²) in [4.78, 5) is 21.0. The zero-order chi connectivity index (χ0) is 19.6. The summed E-state index contributed by atoms with van der Waals surface area (Å²) < 4.78 is 5.47. The van der Waals surface area contributed by atoms with Crippen molar-refractivity contribution in [1.29, 1.82) is 0 Å². The summed E-state index contributed by atoms with van der Waals surface area (Å²) >= 11 is 0. The predicted octanol–water partition coefficient (Wildman–Crippen LogP) is 3.15. The molecule has 1 unspecified atom stereocenters. The first-order chi connectivity index (χ1) is 14.2. The van der Waals surface area contributed by atoms with Crippen LogP contribution in [0.5, 0.6) is 0 Å². The third-order valence-corrected chi connectivity index (χ3v) is 6.46. The van der Waals surface area contributed by atoms with Crippen molar-refractivity contribution in [3.63, 3.8) is 0 Å². The molecule has 3 aliphatic rings. The van der Waals surface area contributed by atoms with Crippen LogP contribution >= 0.6 is 0 Å². The number of ether oxygens (including phenoxy) is 1. The van der Waals surface area contributed by atoms with Crippen LogP contribution in [0.25, 0.3) is 0 Å². The van der Waals surface area contributed by atoms with Crippen molar-refractivity contribution in [2.75, 3.05) is 51.3 Å². The monoisotopic (exact) mass is 392 g/mol. The molecule has 3 aliphatic heterocycles. The molecular weight excluding hydrogens is 364 g/mol. The summed E-state index contributed by atoms with van der Waals surface area (Å²) in [6.45, 7) is 6.78. The number of nitrogens with zero attached hydrogens (tertiary/aromatic N) is 3. The van der Waals surface area contributed by atoms with Gasteiger partial charge in [0.15, 0.2) is 0 Å². The number of urea groups is 1. The number of carbonyl (C=O) groups is 1. The van der Waals surface area contributed by atoms with E-state index in [1.54, 1.807) is 6.20 Å². The molecule has 1 aromatic heterocycles. The minimum Gasteiger partial charge on any atom is -0.381 e. The fourth-order valence-electron chi connectivity index (χ4n) is 4.54. The fourth-order valence-corrected chi connectivity index (χ4v) is 4.54. The van der Waals surface area contributed by atoms with Gasteiger partial charge >= 0.3 is 6.03 Å². The van der Waals surface area contributed by atoms with E-state index in [-0.39, 0.29) is 6.03 Å². The number of pyridine rings is 1. The molecule has 0 saturated carbocycles. The molecule has 1 aromatic carbocycles. The molecule has 2 aromatic rings. The van der Waals surface area contributed by atoms with Gasteiger partial charge in [0.2, 0.25) is 0 Å². The first-order valence-corrected chi connectivity index (χ1v) is 10.6. The van der Waals surface area contributed by atoms with Gasteiger partial charge in [0.05, 0.1) is 6.61 Å². The Kier molecular flexibility index (Phi) is 5.21. The van der Waals surface area contributed by atoms with Crippen LogP contribution in [0, 0.1) is 5.92 Å². The van der Waals surface area contributed by atoms with E-state index in [1.165, 1.54) is 24.1 Å². The average Bonchev–Trinajstić information content (AvgIpc) is 3.18. The maximum atomic E-state index is 12.4. The van der Waals surface area contributed by atoms with Crippen molar-refractivity contribution in [3.8, 4) is 0 Å². The molecule has 6 nitrogen and oxygen atoms in total. The number of aromatic nitrogens is 1. The number of rotatable bonds is 5. The lowest BCUT2D eigenvalue weighted by molar-refractivity contribution is 0.112. The highest BCUT2D eigenvalue weighted by atomic mass is 16.5. The number of nitrogens with one attached hydrogen (secondary N) is 1. The normalized spacial score (nSPS) is 22.9. The van der Waals surface area contributed by atoms with Crippen molar-refractivity contribution >= 4 is 11.7 Å². The molecule has 1 atom stereocenters. The lowest BCUT2D eigenvalue weighted by Crippen LogP contribution is -2.50. The molecule has 152 valence electrons. The van der Waals surface area contributed by atoms with E-state index >= 15 is 0 Å². The summed E-state index contributed by atoms with van der Waals surface area (Å²) in [5.74, 6) is 1.72. The highest BCUT2D eigenvalue weighted by Gasteiger charge is 2.32. The summed E-state index contributed by atoms with van der Waals surface area (Å²) in [6, 6.07) is 12.4. The van der Waals surface area contributed by atoms with Crippen LogP contribution in [-0.4, -0.2) is 66.8 Å². The van der Waals surface area contributed by atoms with Crippen LogP contribution in [0.2, 0.25) is 0 Å². The lowest BCUT2D eigenvalue weighted by atomic mass is 9.90. The zero-order valence-corrected chi connectivity index (χ0v) is 16.7. The van der Waals surface area contributed by atoms with Gasteiger partial charge in [0.25, 0.3) is 0 Å². The van der Waals surface area contributed by atoms with Crippen molar-refractivity contribution in [3.05, 3.63) is 59.9 Å². The van der Waals surface area contributed by atoms with Gasteiger partial charge in [-0.3, -0.25) is 4.98 Å². The van der Waals surface area contributed by atoms with Crippen LogP contribution in [0.3, 0.4) is 0 Å². The van der Waals surface area contributed by atoms with Crippen LogP contribution in [-0.2, 0) is 4.74 Å². The predicted molar refractivity (Wildman–Crippen MR) is 112 cm³/mol. The van der Waals surface area contributed by atoms with E-state index in [2.05, 4.69) is 33.4 Å². The van der Waals surface area contributed by atoms with Gasteiger partial charge in [0.1, 0.15) is 0 Å². The lowest BCUT2D eigenvalue weighted by Gasteiger charge is -2.41. The maximum absolute atomic E-state index is 12.4. The SMILES string of the molecule is O=C(Nc1ccc(C2CN(CC3CCOC3)C2)cc1)N1CC(c2cccnc2)C1. The quantitative estimate of drug-likeness (QED) is 0.849. The molecule has 5 rings (SSSR count). The topological polar surface area (TPSA) is 57.7 Å². The highest BCUT2D eigenvalue weighted by Crippen LogP contribution is 2.30. The number of carbonyl (C=O) groups excluding carboxylic acids is 1. The molecule has 0 aliphatic carbocycles. The minimum atomic E-state index is -0.0218. The Balaban J connectivity index is 1.07. The summed E-state index contributed by atoms with van der Waals surface area (Å²) in [5.41, 5.74) is 3.43. The van der Waals surface area contributed by atoms with Gasteiger partial charge in [0, 0.05) is 69.2 Å². The van der Waals surface area contributed by atoms with Crippen LogP contribution in [0.1, 0.15) is 29.4 Å². The Morgan fingerprint density at radius 3 is 2.55 bits per heavy atom. The maximum Gasteiger partial charge on any atom is 0.321 e. The average molecular weight is 393 g/mol. The summed E-state index contributed by atoms with van der Waals surface area (Å²) in [7, 11) is 0. The van der Waals surface area contributed by atoms with Gasteiger partial charge < -0.3 is 19.9 Å². The first-order valence-electron chi connectivity index (χ1n) is 10.6. The molecule has 29 heavy (non-hydrogen) atoms. The molecule has 3 fully saturated rings. The highest BCUT2D eigenvalue weighted by molar-refractivity contribution is 5.90. The van der Waals surface area contributed by atoms with Gasteiger partial charge in [-0.05, 0) is 41.7 Å². The molecule has 0 radical (unpaired) electrons. The summed E-state index contributed by atoms with van der Waals surface area (Å²) in [6.07, 6.45) is 4.87. The number of amides is 2. The Morgan fingerprint density at radius 2 is 1.86 bits per heavy atom. The molecule has 0 bridgehead atoms. The standard InChI is InChI=1S/C23H28N4O2/c28-23(27-14-21(15-27)19-2-1-8-24-10-19)25-22-5-3-18(4-6-22)20-12-26(13-20)11-17-7-9-29-16-17/h1-6,8,10,17,20-21H,7,9,11-16H2,(H,25,28). The smallest absolute Gasteiger partial charge is 0.321 e. The van der Waals surface area contributed by atoms with Gasteiger partial charge in [-0.1, -0.05) is 18.2 Å². The zero-order valence-electron chi connectivity index (χ0n) is 16.7. The molecular formula is C23H28N4O2. The number of likely N-dealkylation sites (tertiary alicyclic amines) is 2. The number of hydrogen-bond donors (Lipinski definition) is 1. The Hall–Kier alpha value is -2.44. The van der Waals surface area contributed by atoms with Crippen molar-refractivity contribution in [2.24, 2.45) is 5.92 Å². The van der Waals surface area contributed by atoms with E-state index < -0.39 is 0 Å². The van der Waals surface area contributed by atoms with Gasteiger partial charge in [-0.2, -0.15) is 0 Å². The molecule has 4 heterocycles. The second-order valence-corrected chi connectivity index (χ2v) is 8.59. The first kappa shape index (κ1) is 18.6. The summed E-state index contributed by atoms with van der Waals surface area (Å²) in [5, 5.41) is 3.02. The fraction of sp³-hybridized carbons (Fsp3) is 0.478. The van der Waals surface area contributed by atoms with E-state index in [1.807, 2.05) is 29.3 Å². The van der Waals surface area contributed by atoms with E-state index in [0.29, 0.717) is 17.8 Å². The van der Waals surface area contributed by atoms with Crippen LogP contribution < -0.4 is 5.32 Å². The molecule has 3 saturated heterocycles. The largest absolute Gasteiger partial charge is 0.381 e. The van der Waals surface area contributed by atoms with Crippen LogP contribution in [0.4, 0.5) is 10.5 Å². The van der Waals surface area contributed by atoms with Gasteiger partial charge in [-0.25, -0.2) is 4.79 Å². The van der Waals surface area contributed by atoms with Crippen molar-refractivity contribution < 1.29 is 9.53 Å². The minimum absolute atomic E-state index is 0.0218. The van der Waals surface area contributed by atoms with E-state index in [4.69, 9.17) is 4.74 Å². The second-order valence-electron chi connectivity index (χ2n) is 8.59. The van der Waals surface area contributed by atoms with E-state index in [0.717, 1.165) is 45.1 Å².